The summed E-state index contributed by atoms with van der Waals surface area (Å²) in [4.78, 5) is 25.4. The van der Waals surface area contributed by atoms with Crippen LogP contribution in [0, 0.1) is 12.8 Å². The van der Waals surface area contributed by atoms with Crippen LogP contribution in [0.2, 0.25) is 0 Å². The standard InChI is InChI=1S/C36H40N2O4S/c1-4-41-33(39)22-28-15-13-26(14-16-28)9-8-10-27-17-18-31-23-32(20-19-30(31)21-27)35-34(24(2)38-43-35)37-36(40)42-25(3)29-11-6-5-7-12-29/h5-7,11-12,17-23,25-26H,4,8-10,13-16H2,1-3H3,(H,37,40). The van der Waals surface area contributed by atoms with E-state index in [2.05, 4.69) is 46.1 Å². The van der Waals surface area contributed by atoms with Gasteiger partial charge < -0.3 is 9.47 Å². The molecule has 224 valence electrons. The fourth-order valence-corrected chi connectivity index (χ4v) is 6.66. The lowest BCUT2D eigenvalue weighted by molar-refractivity contribution is -0.137. The SMILES string of the molecule is CCOC(=O)C=C1CCC(CCCc2ccc3cc(-c4snc(C)c4NC(=O)OC(C)c4ccccc4)ccc3c2)CC1. The van der Waals surface area contributed by atoms with Gasteiger partial charge in [0.15, 0.2) is 0 Å². The Morgan fingerprint density at radius 3 is 2.56 bits per heavy atom. The third-order valence-corrected chi connectivity index (χ3v) is 9.23. The van der Waals surface area contributed by atoms with E-state index >= 15 is 0 Å². The van der Waals surface area contributed by atoms with Crippen molar-refractivity contribution in [3.8, 4) is 10.4 Å². The molecule has 6 nitrogen and oxygen atoms in total. The lowest BCUT2D eigenvalue weighted by atomic mass is 9.82. The molecule has 43 heavy (non-hydrogen) atoms. The van der Waals surface area contributed by atoms with E-state index in [-0.39, 0.29) is 12.1 Å². The van der Waals surface area contributed by atoms with Crippen molar-refractivity contribution in [2.24, 2.45) is 5.92 Å². The molecule has 5 rings (SSSR count). The highest BCUT2D eigenvalue weighted by Crippen LogP contribution is 2.37. The molecule has 0 bridgehead atoms. The molecule has 1 unspecified atom stereocenters. The van der Waals surface area contributed by atoms with E-state index in [1.54, 1.807) is 6.08 Å². The molecular formula is C36H40N2O4S. The summed E-state index contributed by atoms with van der Waals surface area (Å²) in [5.41, 5.74) is 6.01. The summed E-state index contributed by atoms with van der Waals surface area (Å²) in [6.45, 7) is 6.03. The molecule has 0 saturated heterocycles. The zero-order chi connectivity index (χ0) is 30.2. The lowest BCUT2D eigenvalue weighted by Crippen LogP contribution is -2.16. The Morgan fingerprint density at radius 2 is 1.79 bits per heavy atom. The Balaban J connectivity index is 1.17. The number of carbonyl (C=O) groups is 2. The van der Waals surface area contributed by atoms with Crippen LogP contribution in [-0.2, 0) is 20.7 Å². The van der Waals surface area contributed by atoms with E-state index in [1.807, 2.05) is 51.1 Å². The Kier molecular flexibility index (Phi) is 10.3. The highest BCUT2D eigenvalue weighted by molar-refractivity contribution is 7.10. The molecule has 7 heteroatoms. The van der Waals surface area contributed by atoms with Crippen LogP contribution < -0.4 is 5.32 Å². The van der Waals surface area contributed by atoms with Gasteiger partial charge in [0, 0.05) is 6.08 Å². The van der Waals surface area contributed by atoms with Gasteiger partial charge in [0.1, 0.15) is 6.10 Å². The number of nitrogens with zero attached hydrogens (tertiary/aromatic N) is 1. The number of aryl methyl sites for hydroxylation is 2. The fourth-order valence-electron chi connectivity index (χ4n) is 5.82. The van der Waals surface area contributed by atoms with E-state index in [1.165, 1.54) is 40.9 Å². The third kappa shape index (κ3) is 8.11. The molecule has 1 aliphatic carbocycles. The second kappa shape index (κ2) is 14.5. The second-order valence-corrected chi connectivity index (χ2v) is 12.1. The van der Waals surface area contributed by atoms with Crippen LogP contribution in [0.5, 0.6) is 0 Å². The maximum Gasteiger partial charge on any atom is 0.412 e. The lowest BCUT2D eigenvalue weighted by Gasteiger charge is -2.23. The first-order chi connectivity index (χ1) is 20.9. The number of aromatic nitrogens is 1. The summed E-state index contributed by atoms with van der Waals surface area (Å²) in [5, 5.41) is 5.31. The Labute approximate surface area is 258 Å². The number of esters is 1. The van der Waals surface area contributed by atoms with Crippen LogP contribution in [0.15, 0.2) is 78.4 Å². The zero-order valence-electron chi connectivity index (χ0n) is 25.2. The van der Waals surface area contributed by atoms with E-state index in [4.69, 9.17) is 9.47 Å². The molecular weight excluding hydrogens is 556 g/mol. The average Bonchev–Trinajstić information content (AvgIpc) is 3.37. The minimum Gasteiger partial charge on any atom is -0.463 e. The van der Waals surface area contributed by atoms with Gasteiger partial charge in [0.2, 0.25) is 0 Å². The van der Waals surface area contributed by atoms with Crippen molar-refractivity contribution in [1.82, 2.24) is 4.37 Å². The number of hydrogen-bond donors (Lipinski definition) is 1. The Bertz CT molecular complexity index is 1580. The molecule has 1 fully saturated rings. The number of benzene rings is 3. The summed E-state index contributed by atoms with van der Waals surface area (Å²) < 4.78 is 15.2. The van der Waals surface area contributed by atoms with Crippen molar-refractivity contribution in [2.75, 3.05) is 11.9 Å². The van der Waals surface area contributed by atoms with Crippen LogP contribution in [0.4, 0.5) is 10.5 Å². The van der Waals surface area contributed by atoms with Crippen molar-refractivity contribution >= 4 is 40.1 Å². The number of fused-ring (bicyclic) bond motifs is 1. The molecule has 0 spiro atoms. The molecule has 1 heterocycles. The molecule has 1 amide bonds. The molecule has 1 N–H and O–H groups in total. The van der Waals surface area contributed by atoms with E-state index in [0.717, 1.165) is 65.1 Å². The Hall–Kier alpha value is -3.97. The number of anilines is 1. The van der Waals surface area contributed by atoms with Gasteiger partial charge in [0.05, 0.1) is 22.9 Å². The minimum absolute atomic E-state index is 0.201. The van der Waals surface area contributed by atoms with Crippen molar-refractivity contribution < 1.29 is 19.1 Å². The van der Waals surface area contributed by atoms with Crippen molar-refractivity contribution in [3.05, 3.63) is 95.2 Å². The first kappa shape index (κ1) is 30.5. The van der Waals surface area contributed by atoms with Crippen LogP contribution in [0.1, 0.15) is 75.3 Å². The van der Waals surface area contributed by atoms with Gasteiger partial charge in [-0.15, -0.1) is 0 Å². The molecule has 1 aromatic heterocycles. The number of ether oxygens (including phenoxy) is 2. The van der Waals surface area contributed by atoms with Crippen LogP contribution in [-0.4, -0.2) is 23.0 Å². The van der Waals surface area contributed by atoms with Gasteiger partial charge in [-0.2, -0.15) is 4.37 Å². The topological polar surface area (TPSA) is 77.5 Å². The van der Waals surface area contributed by atoms with E-state index < -0.39 is 6.09 Å². The van der Waals surface area contributed by atoms with Gasteiger partial charge in [0.25, 0.3) is 0 Å². The average molecular weight is 597 g/mol. The monoisotopic (exact) mass is 596 g/mol. The summed E-state index contributed by atoms with van der Waals surface area (Å²) in [5.74, 6) is 0.527. The van der Waals surface area contributed by atoms with Gasteiger partial charge >= 0.3 is 12.1 Å². The number of nitrogens with one attached hydrogen (secondary N) is 1. The smallest absolute Gasteiger partial charge is 0.412 e. The maximum absolute atomic E-state index is 12.8. The summed E-state index contributed by atoms with van der Waals surface area (Å²) in [7, 11) is 0. The fraction of sp³-hybridized carbons (Fsp3) is 0.361. The first-order valence-corrected chi connectivity index (χ1v) is 16.0. The van der Waals surface area contributed by atoms with Crippen LogP contribution in [0.25, 0.3) is 21.2 Å². The molecule has 4 aromatic rings. The van der Waals surface area contributed by atoms with E-state index in [0.29, 0.717) is 12.3 Å². The number of carbonyl (C=O) groups excluding carboxylic acids is 2. The zero-order valence-corrected chi connectivity index (χ0v) is 26.0. The first-order valence-electron chi connectivity index (χ1n) is 15.3. The molecule has 0 aliphatic heterocycles. The normalized spacial score (nSPS) is 15.6. The molecule has 3 aromatic carbocycles. The predicted octanol–water partition coefficient (Wildman–Crippen LogP) is 9.58. The largest absolute Gasteiger partial charge is 0.463 e. The third-order valence-electron chi connectivity index (χ3n) is 8.24. The predicted molar refractivity (Wildman–Crippen MR) is 174 cm³/mol. The van der Waals surface area contributed by atoms with Gasteiger partial charge in [-0.05, 0) is 110 Å². The quantitative estimate of drug-likeness (QED) is 0.146. The van der Waals surface area contributed by atoms with Crippen molar-refractivity contribution in [1.29, 1.82) is 0 Å². The second-order valence-electron chi connectivity index (χ2n) is 11.3. The summed E-state index contributed by atoms with van der Waals surface area (Å²) in [6, 6.07) is 22.8. The van der Waals surface area contributed by atoms with Crippen LogP contribution >= 0.6 is 11.5 Å². The Morgan fingerprint density at radius 1 is 1.05 bits per heavy atom. The minimum atomic E-state index is -0.492. The van der Waals surface area contributed by atoms with Crippen LogP contribution in [0.3, 0.4) is 0 Å². The maximum atomic E-state index is 12.8. The molecule has 0 radical (unpaired) electrons. The van der Waals surface area contributed by atoms with Gasteiger partial charge in [-0.1, -0.05) is 72.7 Å². The van der Waals surface area contributed by atoms with Crippen molar-refractivity contribution in [3.63, 3.8) is 0 Å². The summed E-state index contributed by atoms with van der Waals surface area (Å²) in [6.07, 6.45) is 8.62. The number of amides is 1. The van der Waals surface area contributed by atoms with E-state index in [9.17, 15) is 9.59 Å². The number of allylic oxidation sites excluding steroid dienone is 1. The number of hydrogen-bond acceptors (Lipinski definition) is 6. The summed E-state index contributed by atoms with van der Waals surface area (Å²) >= 11 is 1.38. The van der Waals surface area contributed by atoms with Gasteiger partial charge in [-0.25, -0.2) is 9.59 Å². The molecule has 1 atom stereocenters. The highest BCUT2D eigenvalue weighted by Gasteiger charge is 2.19. The number of rotatable bonds is 10. The van der Waals surface area contributed by atoms with Gasteiger partial charge in [-0.3, -0.25) is 5.32 Å². The molecule has 1 aliphatic rings. The highest BCUT2D eigenvalue weighted by atomic mass is 32.1. The molecule has 1 saturated carbocycles. The van der Waals surface area contributed by atoms with Crippen molar-refractivity contribution in [2.45, 2.75) is 71.8 Å².